The van der Waals surface area contributed by atoms with Gasteiger partial charge in [-0.1, -0.05) is 51.3 Å². The highest BCUT2D eigenvalue weighted by atomic mass is 79.9. The van der Waals surface area contributed by atoms with Crippen molar-refractivity contribution in [2.45, 2.75) is 19.4 Å². The van der Waals surface area contributed by atoms with Crippen LogP contribution in [0, 0.1) is 5.92 Å². The van der Waals surface area contributed by atoms with E-state index < -0.39 is 0 Å². The summed E-state index contributed by atoms with van der Waals surface area (Å²) in [6, 6.07) is 13.4. The van der Waals surface area contributed by atoms with Crippen LogP contribution in [0.1, 0.15) is 18.4 Å². The third kappa shape index (κ3) is 5.45. The molecule has 132 valence electrons. The van der Waals surface area contributed by atoms with Gasteiger partial charge in [-0.05, 0) is 55.3 Å². The highest BCUT2D eigenvalue weighted by Crippen LogP contribution is 2.25. The number of anilines is 1. The van der Waals surface area contributed by atoms with Gasteiger partial charge in [0.25, 0.3) is 0 Å². The van der Waals surface area contributed by atoms with E-state index in [1.165, 1.54) is 5.56 Å². The van der Waals surface area contributed by atoms with Crippen molar-refractivity contribution >= 4 is 50.7 Å². The first-order valence-corrected chi connectivity index (χ1v) is 9.78. The third-order valence-electron chi connectivity index (χ3n) is 4.30. The number of rotatable bonds is 4. The van der Waals surface area contributed by atoms with Crippen molar-refractivity contribution in [2.75, 3.05) is 18.4 Å². The number of carbonyl (C=O) groups is 1. The van der Waals surface area contributed by atoms with E-state index in [0.717, 1.165) is 36.9 Å². The van der Waals surface area contributed by atoms with Crippen molar-refractivity contribution in [3.63, 3.8) is 0 Å². The highest BCUT2D eigenvalue weighted by Gasteiger charge is 2.26. The summed E-state index contributed by atoms with van der Waals surface area (Å²) in [6.07, 6.45) is 1.91. The Hall–Kier alpha value is -1.07. The van der Waals surface area contributed by atoms with Crippen LogP contribution in [0.3, 0.4) is 0 Å². The topological polar surface area (TPSA) is 32.3 Å². The van der Waals surface area contributed by atoms with E-state index in [2.05, 4.69) is 38.3 Å². The number of piperidine rings is 1. The van der Waals surface area contributed by atoms with Crippen LogP contribution < -0.4 is 5.32 Å². The molecule has 3 rings (SSSR count). The van der Waals surface area contributed by atoms with Gasteiger partial charge in [-0.2, -0.15) is 0 Å². The van der Waals surface area contributed by atoms with Crippen LogP contribution >= 0.6 is 39.1 Å². The van der Waals surface area contributed by atoms with Crippen LogP contribution in [0.25, 0.3) is 0 Å². The van der Waals surface area contributed by atoms with Crippen LogP contribution in [0.4, 0.5) is 5.69 Å². The van der Waals surface area contributed by atoms with Crippen LogP contribution in [0.15, 0.2) is 46.9 Å². The van der Waals surface area contributed by atoms with Crippen molar-refractivity contribution < 1.29 is 4.79 Å². The second kappa shape index (κ2) is 8.54. The van der Waals surface area contributed by atoms with E-state index >= 15 is 0 Å². The minimum Gasteiger partial charge on any atom is -0.326 e. The number of nitrogens with one attached hydrogen (secondary N) is 1. The number of likely N-dealkylation sites (tertiary alicyclic amines) is 1. The third-order valence-corrected chi connectivity index (χ3v) is 5.23. The van der Waals surface area contributed by atoms with Gasteiger partial charge in [-0.25, -0.2) is 0 Å². The minimum absolute atomic E-state index is 0.0253. The number of halogens is 3. The largest absolute Gasteiger partial charge is 0.326 e. The molecule has 0 spiro atoms. The zero-order chi connectivity index (χ0) is 17.8. The Morgan fingerprint density at radius 3 is 2.68 bits per heavy atom. The van der Waals surface area contributed by atoms with Gasteiger partial charge in [0, 0.05) is 33.3 Å². The van der Waals surface area contributed by atoms with Crippen molar-refractivity contribution in [1.82, 2.24) is 4.90 Å². The summed E-state index contributed by atoms with van der Waals surface area (Å²) in [4.78, 5) is 14.9. The molecule has 6 heteroatoms. The van der Waals surface area contributed by atoms with Crippen molar-refractivity contribution in [3.8, 4) is 0 Å². The summed E-state index contributed by atoms with van der Waals surface area (Å²) in [5, 5.41) is 3.98. The number of benzene rings is 2. The van der Waals surface area contributed by atoms with Crippen LogP contribution in [0.2, 0.25) is 10.0 Å². The first-order valence-electron chi connectivity index (χ1n) is 8.23. The number of carbonyl (C=O) groups excluding carboxylic acids is 1. The zero-order valence-electron chi connectivity index (χ0n) is 13.6. The molecule has 0 bridgehead atoms. The normalized spacial score (nSPS) is 18.1. The van der Waals surface area contributed by atoms with Gasteiger partial charge < -0.3 is 5.32 Å². The highest BCUT2D eigenvalue weighted by molar-refractivity contribution is 9.10. The second-order valence-electron chi connectivity index (χ2n) is 6.35. The van der Waals surface area contributed by atoms with Gasteiger partial charge in [-0.3, -0.25) is 9.69 Å². The molecule has 1 heterocycles. The summed E-state index contributed by atoms with van der Waals surface area (Å²) in [5.74, 6) is -0.00376. The van der Waals surface area contributed by atoms with E-state index in [-0.39, 0.29) is 11.8 Å². The number of nitrogens with zero attached hydrogens (tertiary/aromatic N) is 1. The Morgan fingerprint density at radius 2 is 1.96 bits per heavy atom. The monoisotopic (exact) mass is 440 g/mol. The summed E-state index contributed by atoms with van der Waals surface area (Å²) in [5.41, 5.74) is 1.89. The van der Waals surface area contributed by atoms with E-state index in [9.17, 15) is 4.79 Å². The predicted octanol–water partition coefficient (Wildman–Crippen LogP) is 5.61. The molecule has 1 amide bonds. The van der Waals surface area contributed by atoms with Crippen molar-refractivity contribution in [3.05, 3.63) is 62.5 Å². The summed E-state index contributed by atoms with van der Waals surface area (Å²) in [7, 11) is 0. The molecule has 3 nitrogen and oxygen atoms in total. The average molecular weight is 442 g/mol. The lowest BCUT2D eigenvalue weighted by Crippen LogP contribution is -2.40. The van der Waals surface area contributed by atoms with Gasteiger partial charge in [-0.15, -0.1) is 0 Å². The maximum absolute atomic E-state index is 12.6. The molecule has 0 radical (unpaired) electrons. The van der Waals surface area contributed by atoms with Gasteiger partial charge in [0.1, 0.15) is 0 Å². The summed E-state index contributed by atoms with van der Waals surface area (Å²) < 4.78 is 1.08. The standard InChI is InChI=1S/C19H19BrCl2N2O/c20-15-5-1-3-13(7-15)11-24-6-2-4-14(12-24)19(25)23-18-9-16(21)8-17(22)10-18/h1,3,5,7-10,14H,2,4,6,11-12H2,(H,23,25). The second-order valence-corrected chi connectivity index (χ2v) is 8.14. The average Bonchev–Trinajstić information content (AvgIpc) is 2.54. The first kappa shape index (κ1) is 18.7. The number of amides is 1. The minimum atomic E-state index is -0.0290. The van der Waals surface area contributed by atoms with E-state index in [4.69, 9.17) is 23.2 Å². The fourth-order valence-electron chi connectivity index (χ4n) is 3.18. The molecule has 1 aliphatic heterocycles. The molecule has 0 aliphatic carbocycles. The fraction of sp³-hybridized carbons (Fsp3) is 0.316. The fourth-order valence-corrected chi connectivity index (χ4v) is 4.15. The molecule has 1 saturated heterocycles. The molecule has 2 aromatic carbocycles. The smallest absolute Gasteiger partial charge is 0.228 e. The van der Waals surface area contributed by atoms with E-state index in [1.807, 2.05) is 12.1 Å². The molecule has 1 atom stereocenters. The molecule has 1 aliphatic rings. The van der Waals surface area contributed by atoms with Gasteiger partial charge in [0.2, 0.25) is 5.91 Å². The molecular weight excluding hydrogens is 423 g/mol. The Bertz CT molecular complexity index is 749. The van der Waals surface area contributed by atoms with Crippen molar-refractivity contribution in [1.29, 1.82) is 0 Å². The number of hydrogen-bond donors (Lipinski definition) is 1. The Morgan fingerprint density at radius 1 is 1.20 bits per heavy atom. The quantitative estimate of drug-likeness (QED) is 0.668. The first-order chi connectivity index (χ1) is 12.0. The van der Waals surface area contributed by atoms with Crippen LogP contribution in [-0.4, -0.2) is 23.9 Å². The zero-order valence-corrected chi connectivity index (χ0v) is 16.7. The van der Waals surface area contributed by atoms with Crippen LogP contribution in [-0.2, 0) is 11.3 Å². The van der Waals surface area contributed by atoms with Crippen LogP contribution in [0.5, 0.6) is 0 Å². The molecule has 1 N–H and O–H groups in total. The Balaban J connectivity index is 1.61. The summed E-state index contributed by atoms with van der Waals surface area (Å²) >= 11 is 15.5. The lowest BCUT2D eigenvalue weighted by molar-refractivity contribution is -0.121. The lowest BCUT2D eigenvalue weighted by Gasteiger charge is -2.32. The maximum Gasteiger partial charge on any atom is 0.228 e. The van der Waals surface area contributed by atoms with E-state index in [1.54, 1.807) is 18.2 Å². The lowest BCUT2D eigenvalue weighted by atomic mass is 9.96. The predicted molar refractivity (Wildman–Crippen MR) is 107 cm³/mol. The maximum atomic E-state index is 12.6. The van der Waals surface area contributed by atoms with Gasteiger partial charge in [0.15, 0.2) is 0 Å². The molecule has 25 heavy (non-hydrogen) atoms. The summed E-state index contributed by atoms with van der Waals surface area (Å²) in [6.45, 7) is 2.62. The SMILES string of the molecule is O=C(Nc1cc(Cl)cc(Cl)c1)C1CCCN(Cc2cccc(Br)c2)C1. The Labute approximate surface area is 166 Å². The van der Waals surface area contributed by atoms with Crippen molar-refractivity contribution in [2.24, 2.45) is 5.92 Å². The molecule has 0 saturated carbocycles. The van der Waals surface area contributed by atoms with Gasteiger partial charge in [0.05, 0.1) is 5.92 Å². The van der Waals surface area contributed by atoms with E-state index in [0.29, 0.717) is 15.7 Å². The van der Waals surface area contributed by atoms with Gasteiger partial charge >= 0.3 is 0 Å². The molecule has 2 aromatic rings. The molecule has 1 fully saturated rings. The molecule has 0 aromatic heterocycles. The number of hydrogen-bond acceptors (Lipinski definition) is 2. The Kier molecular flexibility index (Phi) is 6.39. The molecular formula is C19H19BrCl2N2O. The molecule has 1 unspecified atom stereocenters.